The van der Waals surface area contributed by atoms with Gasteiger partial charge in [0.2, 0.25) is 0 Å². The molecular weight excluding hydrogens is 340 g/mol. The summed E-state index contributed by atoms with van der Waals surface area (Å²) in [7, 11) is 1.63. The number of nitrogens with zero attached hydrogens (tertiary/aromatic N) is 3. The number of carbonyl (C=O) groups excluding carboxylic acids is 1. The lowest BCUT2D eigenvalue weighted by molar-refractivity contribution is 0.102. The van der Waals surface area contributed by atoms with Crippen molar-refractivity contribution in [2.45, 2.75) is 12.8 Å². The van der Waals surface area contributed by atoms with Crippen molar-refractivity contribution in [2.75, 3.05) is 30.4 Å². The van der Waals surface area contributed by atoms with Gasteiger partial charge in [0, 0.05) is 30.7 Å². The van der Waals surface area contributed by atoms with E-state index in [1.165, 1.54) is 12.8 Å². The predicted octanol–water partition coefficient (Wildman–Crippen LogP) is 3.73. The lowest BCUT2D eigenvalue weighted by atomic mass is 10.2. The molecule has 0 aliphatic carbocycles. The minimum atomic E-state index is -0.221. The number of methoxy groups -OCH3 is 1. The number of nitrogens with one attached hydrogen (secondary N) is 1. The highest BCUT2D eigenvalue weighted by molar-refractivity contribution is 6.03. The maximum Gasteiger partial charge on any atom is 0.276 e. The van der Waals surface area contributed by atoms with E-state index >= 15 is 0 Å². The SMILES string of the molecule is COc1ccc(-n2ccc(C(=O)Nc3cccc(N4CCCC4)c3)n2)cc1. The van der Waals surface area contributed by atoms with E-state index in [1.54, 1.807) is 24.1 Å². The summed E-state index contributed by atoms with van der Waals surface area (Å²) in [4.78, 5) is 14.9. The van der Waals surface area contributed by atoms with Crippen molar-refractivity contribution < 1.29 is 9.53 Å². The summed E-state index contributed by atoms with van der Waals surface area (Å²) in [5, 5.41) is 7.33. The molecule has 0 unspecified atom stereocenters. The zero-order valence-corrected chi connectivity index (χ0v) is 15.3. The van der Waals surface area contributed by atoms with Crippen LogP contribution in [0.5, 0.6) is 5.75 Å². The lowest BCUT2D eigenvalue weighted by Crippen LogP contribution is -2.18. The number of hydrogen-bond donors (Lipinski definition) is 1. The van der Waals surface area contributed by atoms with E-state index < -0.39 is 0 Å². The van der Waals surface area contributed by atoms with Crippen LogP contribution in [0.4, 0.5) is 11.4 Å². The molecule has 1 amide bonds. The van der Waals surface area contributed by atoms with Gasteiger partial charge in [0.25, 0.3) is 5.91 Å². The molecule has 27 heavy (non-hydrogen) atoms. The van der Waals surface area contributed by atoms with Gasteiger partial charge in [-0.25, -0.2) is 4.68 Å². The van der Waals surface area contributed by atoms with Crippen LogP contribution < -0.4 is 15.0 Å². The fraction of sp³-hybridized carbons (Fsp3) is 0.238. The first-order valence-corrected chi connectivity index (χ1v) is 9.09. The number of carbonyl (C=O) groups is 1. The second kappa shape index (κ2) is 7.53. The van der Waals surface area contributed by atoms with E-state index in [0.717, 1.165) is 35.9 Å². The number of rotatable bonds is 5. The molecule has 2 heterocycles. The van der Waals surface area contributed by atoms with E-state index in [9.17, 15) is 4.79 Å². The van der Waals surface area contributed by atoms with Gasteiger partial charge >= 0.3 is 0 Å². The summed E-state index contributed by atoms with van der Waals surface area (Å²) in [6.07, 6.45) is 4.22. The van der Waals surface area contributed by atoms with Crippen LogP contribution in [0.3, 0.4) is 0 Å². The quantitative estimate of drug-likeness (QED) is 0.751. The Labute approximate surface area is 158 Å². The van der Waals surface area contributed by atoms with E-state index in [0.29, 0.717) is 5.69 Å². The van der Waals surface area contributed by atoms with E-state index in [2.05, 4.69) is 21.4 Å². The molecule has 0 radical (unpaired) electrons. The maximum atomic E-state index is 12.6. The number of benzene rings is 2. The summed E-state index contributed by atoms with van der Waals surface area (Å²) in [6, 6.07) is 17.2. The maximum absolute atomic E-state index is 12.6. The van der Waals surface area contributed by atoms with E-state index in [-0.39, 0.29) is 5.91 Å². The third kappa shape index (κ3) is 3.79. The van der Waals surface area contributed by atoms with Gasteiger partial charge < -0.3 is 15.0 Å². The Balaban J connectivity index is 1.47. The molecule has 0 saturated carbocycles. The second-order valence-corrected chi connectivity index (χ2v) is 6.54. The molecule has 1 N–H and O–H groups in total. The van der Waals surface area contributed by atoms with Gasteiger partial charge in [0.15, 0.2) is 5.69 Å². The molecule has 1 aromatic heterocycles. The van der Waals surface area contributed by atoms with Crippen molar-refractivity contribution in [2.24, 2.45) is 0 Å². The largest absolute Gasteiger partial charge is 0.497 e. The first kappa shape index (κ1) is 17.1. The first-order chi connectivity index (χ1) is 13.2. The second-order valence-electron chi connectivity index (χ2n) is 6.54. The summed E-state index contributed by atoms with van der Waals surface area (Å²) in [6.45, 7) is 2.15. The molecule has 1 fully saturated rings. The molecule has 0 spiro atoms. The van der Waals surface area contributed by atoms with Crippen molar-refractivity contribution in [1.82, 2.24) is 9.78 Å². The van der Waals surface area contributed by atoms with Gasteiger partial charge in [-0.2, -0.15) is 5.10 Å². The van der Waals surface area contributed by atoms with Crippen LogP contribution in [0, 0.1) is 0 Å². The van der Waals surface area contributed by atoms with E-state index in [1.807, 2.05) is 42.5 Å². The smallest absolute Gasteiger partial charge is 0.276 e. The van der Waals surface area contributed by atoms with Crippen LogP contribution in [0.25, 0.3) is 5.69 Å². The summed E-state index contributed by atoms with van der Waals surface area (Å²) in [5.74, 6) is 0.558. The van der Waals surface area contributed by atoms with Crippen molar-refractivity contribution in [3.05, 3.63) is 66.5 Å². The zero-order chi connectivity index (χ0) is 18.6. The molecule has 6 heteroatoms. The van der Waals surface area contributed by atoms with Crippen LogP contribution in [-0.4, -0.2) is 35.9 Å². The standard InChI is InChI=1S/C21H22N4O2/c1-27-19-9-7-17(8-10-19)25-14-11-20(23-25)21(26)22-16-5-4-6-18(15-16)24-12-2-3-13-24/h4-11,14-15H,2-3,12-13H2,1H3,(H,22,26). The molecule has 6 nitrogen and oxygen atoms in total. The molecule has 2 aromatic carbocycles. The molecule has 0 bridgehead atoms. The molecule has 138 valence electrons. The highest BCUT2D eigenvalue weighted by Gasteiger charge is 2.14. The fourth-order valence-corrected chi connectivity index (χ4v) is 3.27. The monoisotopic (exact) mass is 362 g/mol. The molecular formula is C21H22N4O2. The predicted molar refractivity (Wildman–Crippen MR) is 106 cm³/mol. The Hall–Kier alpha value is -3.28. The molecule has 0 atom stereocenters. The van der Waals surface area contributed by atoms with Gasteiger partial charge in [-0.05, 0) is 61.4 Å². The molecule has 3 aromatic rings. The molecule has 1 saturated heterocycles. The average molecular weight is 362 g/mol. The van der Waals surface area contributed by atoms with Crippen LogP contribution in [-0.2, 0) is 0 Å². The number of anilines is 2. The van der Waals surface area contributed by atoms with Crippen LogP contribution in [0.15, 0.2) is 60.8 Å². The highest BCUT2D eigenvalue weighted by atomic mass is 16.5. The van der Waals surface area contributed by atoms with Gasteiger partial charge in [0.05, 0.1) is 12.8 Å². The Morgan fingerprint density at radius 3 is 2.56 bits per heavy atom. The Bertz CT molecular complexity index is 927. The van der Waals surface area contributed by atoms with Gasteiger partial charge in [-0.1, -0.05) is 6.07 Å². The summed E-state index contributed by atoms with van der Waals surface area (Å²) in [5.41, 5.74) is 3.17. The van der Waals surface area contributed by atoms with Crippen LogP contribution in [0.1, 0.15) is 23.3 Å². The summed E-state index contributed by atoms with van der Waals surface area (Å²) >= 11 is 0. The average Bonchev–Trinajstić information content (AvgIpc) is 3.40. The number of hydrogen-bond acceptors (Lipinski definition) is 4. The molecule has 1 aliphatic rings. The Morgan fingerprint density at radius 2 is 1.81 bits per heavy atom. The van der Waals surface area contributed by atoms with Crippen molar-refractivity contribution in [1.29, 1.82) is 0 Å². The number of aromatic nitrogens is 2. The van der Waals surface area contributed by atoms with Gasteiger partial charge in [0.1, 0.15) is 5.75 Å². The third-order valence-corrected chi connectivity index (χ3v) is 4.73. The van der Waals surface area contributed by atoms with Gasteiger partial charge in [-0.15, -0.1) is 0 Å². The Morgan fingerprint density at radius 1 is 1.04 bits per heavy atom. The van der Waals surface area contributed by atoms with Crippen LogP contribution in [0.2, 0.25) is 0 Å². The normalized spacial score (nSPS) is 13.6. The van der Waals surface area contributed by atoms with Gasteiger partial charge in [-0.3, -0.25) is 4.79 Å². The summed E-state index contributed by atoms with van der Waals surface area (Å²) < 4.78 is 6.84. The fourth-order valence-electron chi connectivity index (χ4n) is 3.27. The van der Waals surface area contributed by atoms with Crippen molar-refractivity contribution in [3.63, 3.8) is 0 Å². The number of ether oxygens (including phenoxy) is 1. The third-order valence-electron chi connectivity index (χ3n) is 4.73. The first-order valence-electron chi connectivity index (χ1n) is 9.09. The molecule has 1 aliphatic heterocycles. The lowest BCUT2D eigenvalue weighted by Gasteiger charge is -2.18. The molecule has 4 rings (SSSR count). The minimum absolute atomic E-state index is 0.221. The minimum Gasteiger partial charge on any atom is -0.497 e. The highest BCUT2D eigenvalue weighted by Crippen LogP contribution is 2.23. The van der Waals surface area contributed by atoms with Crippen molar-refractivity contribution in [3.8, 4) is 11.4 Å². The Kier molecular flexibility index (Phi) is 4.78. The topological polar surface area (TPSA) is 59.4 Å². The van der Waals surface area contributed by atoms with Crippen molar-refractivity contribution >= 4 is 17.3 Å². The van der Waals surface area contributed by atoms with Crippen LogP contribution >= 0.6 is 0 Å². The van der Waals surface area contributed by atoms with E-state index in [4.69, 9.17) is 4.74 Å². The zero-order valence-electron chi connectivity index (χ0n) is 15.3. The number of amides is 1.